The van der Waals surface area contributed by atoms with Gasteiger partial charge in [-0.05, 0) is 59.1 Å². The average Bonchev–Trinajstić information content (AvgIpc) is 2.85. The van der Waals surface area contributed by atoms with Gasteiger partial charge in [0.2, 0.25) is 5.78 Å². The second-order valence-corrected chi connectivity index (χ2v) is 12.3. The molecule has 6 N–H and O–H groups in total. The number of aromatic hydroxyl groups is 1. The average molecular weight is 547 g/mol. The van der Waals surface area contributed by atoms with Gasteiger partial charge in [0.25, 0.3) is 5.91 Å². The Morgan fingerprint density at radius 2 is 1.68 bits per heavy atom. The van der Waals surface area contributed by atoms with Crippen LogP contribution in [0.3, 0.4) is 0 Å². The Bertz CT molecular complexity index is 1540. The van der Waals surface area contributed by atoms with E-state index in [0.29, 0.717) is 11.1 Å². The standard InChI is InChI=1S/C31H34N2O7/c1-30(2,3)20-13-18(14-6-8-17(9-7-14)33(4)5)19-11-15-10-16-12-21(34)24(29(32)39)28(38)31(16,40)27(37)22(15)26(36)23(19)25(20)35/h6-9,13,15-16,35-36,38,40H,10-12H2,1-5H3,(H2,32,39)/t15-,16+,31+/m1/s1. The van der Waals surface area contributed by atoms with Gasteiger partial charge in [-0.3, -0.25) is 14.4 Å². The number of nitrogens with two attached hydrogens (primary N) is 1. The highest BCUT2D eigenvalue weighted by molar-refractivity contribution is 6.22. The van der Waals surface area contributed by atoms with Crippen molar-refractivity contribution < 1.29 is 34.8 Å². The summed E-state index contributed by atoms with van der Waals surface area (Å²) in [4.78, 5) is 40.3. The van der Waals surface area contributed by atoms with Gasteiger partial charge in [0.05, 0.1) is 5.56 Å². The molecule has 9 nitrogen and oxygen atoms in total. The summed E-state index contributed by atoms with van der Waals surface area (Å²) in [6, 6.07) is 9.78. The fourth-order valence-corrected chi connectivity index (χ4v) is 6.46. The quantitative estimate of drug-likeness (QED) is 0.366. The number of carbonyl (C=O) groups excluding carboxylic acids is 3. The predicted octanol–water partition coefficient (Wildman–Crippen LogP) is 3.45. The number of aliphatic hydroxyl groups excluding tert-OH is 2. The Morgan fingerprint density at radius 1 is 1.05 bits per heavy atom. The maximum Gasteiger partial charge on any atom is 0.255 e. The Morgan fingerprint density at radius 3 is 2.23 bits per heavy atom. The van der Waals surface area contributed by atoms with Gasteiger partial charge in [0.1, 0.15) is 22.8 Å². The van der Waals surface area contributed by atoms with Gasteiger partial charge >= 0.3 is 0 Å². The number of amides is 1. The second-order valence-electron chi connectivity index (χ2n) is 12.3. The van der Waals surface area contributed by atoms with E-state index >= 15 is 0 Å². The molecule has 0 heterocycles. The van der Waals surface area contributed by atoms with E-state index in [1.807, 2.05) is 70.1 Å². The number of phenolic OH excluding ortho intramolecular Hbond substituents is 1. The van der Waals surface area contributed by atoms with E-state index in [9.17, 15) is 34.8 Å². The van der Waals surface area contributed by atoms with Crippen molar-refractivity contribution in [1.82, 2.24) is 0 Å². The molecule has 5 rings (SSSR count). The number of hydrogen-bond donors (Lipinski definition) is 5. The van der Waals surface area contributed by atoms with Crippen LogP contribution in [-0.2, 0) is 26.2 Å². The number of ketones is 2. The van der Waals surface area contributed by atoms with E-state index < -0.39 is 57.4 Å². The smallest absolute Gasteiger partial charge is 0.255 e. The van der Waals surface area contributed by atoms with Gasteiger partial charge in [-0.2, -0.15) is 0 Å². The molecule has 210 valence electrons. The van der Waals surface area contributed by atoms with Crippen molar-refractivity contribution in [3.63, 3.8) is 0 Å². The van der Waals surface area contributed by atoms with Crippen LogP contribution in [0.2, 0.25) is 0 Å². The summed E-state index contributed by atoms with van der Waals surface area (Å²) < 4.78 is 0. The third kappa shape index (κ3) is 3.83. The van der Waals surface area contributed by atoms with Crippen molar-refractivity contribution in [3.05, 3.63) is 63.9 Å². The minimum atomic E-state index is -2.59. The molecular formula is C31H34N2O7. The molecule has 0 unspecified atom stereocenters. The van der Waals surface area contributed by atoms with Gasteiger partial charge < -0.3 is 31.1 Å². The summed E-state index contributed by atoms with van der Waals surface area (Å²) in [5.74, 6) is -6.32. The van der Waals surface area contributed by atoms with Crippen molar-refractivity contribution in [1.29, 1.82) is 0 Å². The maximum atomic E-state index is 13.9. The maximum absolute atomic E-state index is 13.9. The van der Waals surface area contributed by atoms with Crippen LogP contribution in [0.25, 0.3) is 16.9 Å². The molecule has 0 saturated heterocycles. The zero-order valence-corrected chi connectivity index (χ0v) is 23.2. The minimum absolute atomic E-state index is 0.0870. The van der Waals surface area contributed by atoms with Crippen LogP contribution in [0.4, 0.5) is 5.69 Å². The van der Waals surface area contributed by atoms with Gasteiger partial charge in [0.15, 0.2) is 11.4 Å². The lowest BCUT2D eigenvalue weighted by molar-refractivity contribution is -0.147. The van der Waals surface area contributed by atoms with Crippen molar-refractivity contribution >= 4 is 28.9 Å². The van der Waals surface area contributed by atoms with Crippen LogP contribution in [0, 0.1) is 11.8 Å². The predicted molar refractivity (Wildman–Crippen MR) is 150 cm³/mol. The summed E-state index contributed by atoms with van der Waals surface area (Å²) in [7, 11) is 3.88. The van der Waals surface area contributed by atoms with Crippen LogP contribution in [0.5, 0.6) is 5.75 Å². The molecule has 2 aromatic carbocycles. The molecule has 0 radical (unpaired) electrons. The molecule has 40 heavy (non-hydrogen) atoms. The van der Waals surface area contributed by atoms with Crippen molar-refractivity contribution in [3.8, 4) is 16.9 Å². The van der Waals surface area contributed by atoms with Crippen LogP contribution in [0.1, 0.15) is 50.3 Å². The minimum Gasteiger partial charge on any atom is -0.508 e. The Balaban J connectivity index is 1.76. The van der Waals surface area contributed by atoms with Crippen molar-refractivity contribution in [2.75, 3.05) is 19.0 Å². The molecule has 0 aliphatic heterocycles. The number of benzene rings is 2. The van der Waals surface area contributed by atoms with Crippen LogP contribution in [0.15, 0.2) is 47.2 Å². The van der Waals surface area contributed by atoms with Crippen LogP contribution in [-0.4, -0.2) is 57.6 Å². The number of phenols is 1. The van der Waals surface area contributed by atoms with Gasteiger partial charge in [-0.15, -0.1) is 0 Å². The van der Waals surface area contributed by atoms with Gasteiger partial charge in [-0.1, -0.05) is 32.9 Å². The molecule has 1 amide bonds. The number of anilines is 1. The number of rotatable bonds is 3. The van der Waals surface area contributed by atoms with E-state index in [-0.39, 0.29) is 36.1 Å². The number of fused-ring (bicyclic) bond motifs is 3. The number of carbonyl (C=O) groups is 3. The topological polar surface area (TPSA) is 161 Å². The molecular weight excluding hydrogens is 512 g/mol. The molecule has 3 atom stereocenters. The lowest BCUT2D eigenvalue weighted by Gasteiger charge is -2.46. The molecule has 3 aliphatic carbocycles. The molecule has 1 fully saturated rings. The molecule has 9 heteroatoms. The van der Waals surface area contributed by atoms with E-state index in [1.165, 1.54) is 0 Å². The Kier molecular flexibility index (Phi) is 6.15. The molecule has 3 aliphatic rings. The first kappa shape index (κ1) is 27.5. The van der Waals surface area contributed by atoms with E-state index in [2.05, 4.69) is 0 Å². The third-order valence-electron chi connectivity index (χ3n) is 8.57. The number of Topliss-reactive ketones (excluding diaryl/α,β-unsaturated/α-hetero) is 2. The molecule has 0 aromatic heterocycles. The number of aliphatic hydroxyl groups is 3. The van der Waals surface area contributed by atoms with Crippen molar-refractivity contribution in [2.24, 2.45) is 17.6 Å². The fourth-order valence-electron chi connectivity index (χ4n) is 6.46. The summed E-state index contributed by atoms with van der Waals surface area (Å²) in [5, 5.41) is 45.4. The fraction of sp³-hybridized carbons (Fsp3) is 0.387. The third-order valence-corrected chi connectivity index (χ3v) is 8.57. The SMILES string of the molecule is CN(C)c1ccc(-c2cc(C(C)(C)C)c(O)c3c2C[C@H]2C[C@H]4CC(=O)C(C(N)=O)=C(O)[C@@]4(O)C(=O)C2=C3O)cc1. The Labute approximate surface area is 232 Å². The van der Waals surface area contributed by atoms with Crippen molar-refractivity contribution in [2.45, 2.75) is 51.0 Å². The van der Waals surface area contributed by atoms with E-state index in [1.54, 1.807) is 0 Å². The summed E-state index contributed by atoms with van der Waals surface area (Å²) in [6.07, 6.45) is -0.0180. The molecule has 1 saturated carbocycles. The number of nitrogens with zero attached hydrogens (tertiary/aromatic N) is 1. The molecule has 0 spiro atoms. The molecule has 2 aromatic rings. The summed E-state index contributed by atoms with van der Waals surface area (Å²) >= 11 is 0. The number of primary amides is 1. The van der Waals surface area contributed by atoms with Crippen LogP contribution >= 0.6 is 0 Å². The van der Waals surface area contributed by atoms with Gasteiger partial charge in [-0.25, -0.2) is 0 Å². The Hall–Kier alpha value is -4.11. The normalized spacial score (nSPS) is 24.4. The van der Waals surface area contributed by atoms with Crippen LogP contribution < -0.4 is 10.6 Å². The lowest BCUT2D eigenvalue weighted by Crippen LogP contribution is -2.58. The van der Waals surface area contributed by atoms with E-state index in [4.69, 9.17) is 5.73 Å². The monoisotopic (exact) mass is 546 g/mol. The summed E-state index contributed by atoms with van der Waals surface area (Å²) in [6.45, 7) is 5.78. The highest BCUT2D eigenvalue weighted by atomic mass is 16.3. The highest BCUT2D eigenvalue weighted by Crippen LogP contribution is 2.54. The second kappa shape index (κ2) is 8.96. The summed E-state index contributed by atoms with van der Waals surface area (Å²) in [5.41, 5.74) is 5.18. The molecule has 0 bridgehead atoms. The number of hydrogen-bond acceptors (Lipinski definition) is 8. The highest BCUT2D eigenvalue weighted by Gasteiger charge is 2.60. The first-order chi connectivity index (χ1) is 18.6. The largest absolute Gasteiger partial charge is 0.508 e. The lowest BCUT2D eigenvalue weighted by atomic mass is 9.59. The van der Waals surface area contributed by atoms with Gasteiger partial charge in [0, 0.05) is 43.3 Å². The van der Waals surface area contributed by atoms with E-state index in [0.717, 1.165) is 16.8 Å². The first-order valence-electron chi connectivity index (χ1n) is 13.2. The zero-order chi connectivity index (χ0) is 29.5. The zero-order valence-electron chi connectivity index (χ0n) is 23.2. The first-order valence-corrected chi connectivity index (χ1v) is 13.2.